The number of rotatable bonds is 1. The van der Waals surface area contributed by atoms with Crippen molar-refractivity contribution in [2.24, 2.45) is 11.0 Å². The van der Waals surface area contributed by atoms with Crippen molar-refractivity contribution in [1.82, 2.24) is 30.2 Å². The van der Waals surface area contributed by atoms with Crippen LogP contribution in [0.2, 0.25) is 0 Å². The molecule has 6 heterocycles. The Morgan fingerprint density at radius 3 is 3.04 bits per heavy atom. The van der Waals surface area contributed by atoms with E-state index in [9.17, 15) is 0 Å². The second-order valence-corrected chi connectivity index (χ2v) is 7.35. The lowest BCUT2D eigenvalue weighted by Crippen LogP contribution is -2.59. The normalized spacial score (nSPS) is 34.6. The molecule has 0 aromatic rings. The summed E-state index contributed by atoms with van der Waals surface area (Å²) in [6.45, 7) is 3.37. The van der Waals surface area contributed by atoms with E-state index < -0.39 is 0 Å². The monoisotopic (exact) mass is 377 g/mol. The summed E-state index contributed by atoms with van der Waals surface area (Å²) in [6, 6.07) is 0. The van der Waals surface area contributed by atoms with Crippen LogP contribution in [0.15, 0.2) is 22.1 Å². The van der Waals surface area contributed by atoms with Crippen LogP contribution in [0.1, 0.15) is 19.3 Å². The van der Waals surface area contributed by atoms with E-state index in [-0.39, 0.29) is 5.60 Å². The van der Waals surface area contributed by atoms with Gasteiger partial charge in [-0.15, -0.1) is 15.3 Å². The van der Waals surface area contributed by atoms with E-state index in [2.05, 4.69) is 46.6 Å². The molecule has 1 atom stereocenters. The summed E-state index contributed by atoms with van der Waals surface area (Å²) in [5, 5.41) is 12.7. The summed E-state index contributed by atoms with van der Waals surface area (Å²) >= 11 is 3.42. The van der Waals surface area contributed by atoms with E-state index in [4.69, 9.17) is 4.84 Å². The summed E-state index contributed by atoms with van der Waals surface area (Å²) in [7, 11) is 0. The molecule has 0 amide bonds. The Labute approximate surface area is 141 Å². The fraction of sp³-hybridized carbons (Fsp3) is 0.571. The number of nitrogens with one attached hydrogen (secondary N) is 1. The zero-order valence-corrected chi connectivity index (χ0v) is 14.0. The molecule has 1 N–H and O–H groups in total. The molecule has 6 aliphatic rings. The molecule has 4 saturated heterocycles. The molecule has 0 radical (unpaired) electrons. The zero-order valence-electron chi connectivity index (χ0n) is 12.4. The largest absolute Gasteiger partial charge is 0.300 e. The smallest absolute Gasteiger partial charge is 0.184 e. The van der Waals surface area contributed by atoms with Crippen LogP contribution in [0.25, 0.3) is 11.5 Å². The Balaban J connectivity index is 1.45. The highest BCUT2D eigenvalue weighted by Gasteiger charge is 2.52. The third-order valence-corrected chi connectivity index (χ3v) is 5.74. The van der Waals surface area contributed by atoms with E-state index in [1.807, 2.05) is 0 Å². The predicted molar refractivity (Wildman–Crippen MR) is 85.7 cm³/mol. The first-order valence-corrected chi connectivity index (χ1v) is 8.61. The summed E-state index contributed by atoms with van der Waals surface area (Å²) in [4.78, 5) is 12.8. The minimum Gasteiger partial charge on any atom is -0.300 e. The molecular weight excluding hydrogens is 362 g/mol. The summed E-state index contributed by atoms with van der Waals surface area (Å²) in [5.74, 6) is 2.10. The number of nitrogens with zero attached hydrogens (tertiary/aromatic N) is 6. The first kappa shape index (κ1) is 13.8. The molecule has 0 aromatic carbocycles. The third kappa shape index (κ3) is 2.10. The van der Waals surface area contributed by atoms with E-state index in [1.54, 1.807) is 17.2 Å². The van der Waals surface area contributed by atoms with Gasteiger partial charge in [0.05, 0.1) is 4.47 Å². The lowest BCUT2D eigenvalue weighted by Gasteiger charge is -2.49. The van der Waals surface area contributed by atoms with Crippen molar-refractivity contribution in [1.29, 1.82) is 0 Å². The molecule has 0 saturated carbocycles. The number of aromatic nitrogens is 4. The van der Waals surface area contributed by atoms with Crippen LogP contribution in [-0.2, 0) is 4.84 Å². The fourth-order valence-corrected chi connectivity index (χ4v) is 4.37. The lowest BCUT2D eigenvalue weighted by atomic mass is 9.74. The van der Waals surface area contributed by atoms with Crippen molar-refractivity contribution in [2.75, 3.05) is 19.6 Å². The standard InChI is InChI=1S/C14H16BrN7O/c15-10-6-16-13-12(10)18-17-8-22(13)19-11-5-14(23-20-11)7-21-3-1-9(14)2-4-21/h6,8-9H,1-5,7H2,(H,19,20). The maximum absolute atomic E-state index is 6.02. The van der Waals surface area contributed by atoms with Gasteiger partial charge in [-0.2, -0.15) is 4.68 Å². The Bertz CT molecular complexity index is 754. The van der Waals surface area contributed by atoms with Crippen LogP contribution in [0, 0.1) is 5.92 Å². The molecule has 1 spiro atoms. The van der Waals surface area contributed by atoms with E-state index in [1.165, 1.54) is 25.9 Å². The molecule has 6 rings (SSSR count). The van der Waals surface area contributed by atoms with Crippen molar-refractivity contribution in [3.05, 3.63) is 17.0 Å². The first-order chi connectivity index (χ1) is 11.2. The van der Waals surface area contributed by atoms with Gasteiger partial charge >= 0.3 is 0 Å². The average molecular weight is 378 g/mol. The molecule has 23 heavy (non-hydrogen) atoms. The van der Waals surface area contributed by atoms with Gasteiger partial charge in [0, 0.05) is 19.2 Å². The SMILES string of the molecule is Brc1cnc2n(N=C3CC4(CN5CCC4CC5)ON3)cnnc1-2. The highest BCUT2D eigenvalue weighted by atomic mass is 79.9. The summed E-state index contributed by atoms with van der Waals surface area (Å²) in [5.41, 5.74) is 3.61. The Morgan fingerprint density at radius 2 is 2.26 bits per heavy atom. The molecule has 120 valence electrons. The van der Waals surface area contributed by atoms with E-state index in [0.29, 0.717) is 17.4 Å². The highest BCUT2D eigenvalue weighted by Crippen LogP contribution is 2.42. The van der Waals surface area contributed by atoms with Gasteiger partial charge in [-0.3, -0.25) is 10.3 Å². The number of hydroxylamine groups is 1. The van der Waals surface area contributed by atoms with Crippen molar-refractivity contribution >= 4 is 21.8 Å². The Hall–Kier alpha value is -1.58. The number of hydrogen-bond acceptors (Lipinski definition) is 6. The van der Waals surface area contributed by atoms with Gasteiger partial charge in [-0.05, 0) is 47.8 Å². The maximum Gasteiger partial charge on any atom is 0.184 e. The Morgan fingerprint density at radius 1 is 1.39 bits per heavy atom. The van der Waals surface area contributed by atoms with E-state index in [0.717, 1.165) is 23.3 Å². The highest BCUT2D eigenvalue weighted by molar-refractivity contribution is 9.10. The second kappa shape index (κ2) is 4.96. The average Bonchev–Trinajstić information content (AvgIpc) is 3.14. The number of amidine groups is 1. The number of halogens is 1. The third-order valence-electron chi connectivity index (χ3n) is 5.16. The molecule has 0 aliphatic carbocycles. The van der Waals surface area contributed by atoms with Crippen LogP contribution in [0.3, 0.4) is 0 Å². The second-order valence-electron chi connectivity index (χ2n) is 6.50. The van der Waals surface area contributed by atoms with Crippen LogP contribution in [-0.4, -0.2) is 55.8 Å². The van der Waals surface area contributed by atoms with Crippen LogP contribution in [0.5, 0.6) is 0 Å². The zero-order chi connectivity index (χ0) is 15.4. The quantitative estimate of drug-likeness (QED) is 0.801. The van der Waals surface area contributed by atoms with Crippen molar-refractivity contribution in [3.63, 3.8) is 0 Å². The van der Waals surface area contributed by atoms with Crippen LogP contribution in [0.4, 0.5) is 0 Å². The van der Waals surface area contributed by atoms with Gasteiger partial charge < -0.3 is 4.90 Å². The van der Waals surface area contributed by atoms with Gasteiger partial charge in [-0.1, -0.05) is 0 Å². The summed E-state index contributed by atoms with van der Waals surface area (Å²) in [6.07, 6.45) is 6.50. The minimum atomic E-state index is -0.129. The van der Waals surface area contributed by atoms with Crippen molar-refractivity contribution < 1.29 is 4.84 Å². The van der Waals surface area contributed by atoms with E-state index >= 15 is 0 Å². The van der Waals surface area contributed by atoms with Gasteiger partial charge in [0.2, 0.25) is 0 Å². The number of piperidine rings is 3. The van der Waals surface area contributed by atoms with Crippen molar-refractivity contribution in [2.45, 2.75) is 24.9 Å². The summed E-state index contributed by atoms with van der Waals surface area (Å²) < 4.78 is 2.47. The van der Waals surface area contributed by atoms with Crippen LogP contribution >= 0.6 is 15.9 Å². The molecule has 2 bridgehead atoms. The number of fused-ring (bicyclic) bond motifs is 3. The fourth-order valence-electron chi connectivity index (χ4n) is 4.01. The molecule has 4 fully saturated rings. The van der Waals surface area contributed by atoms with Crippen LogP contribution < -0.4 is 5.48 Å². The molecular formula is C14H16BrN7O. The molecule has 6 aliphatic heterocycles. The minimum absolute atomic E-state index is 0.129. The topological polar surface area (TPSA) is 80.5 Å². The maximum atomic E-state index is 6.02. The van der Waals surface area contributed by atoms with Gasteiger partial charge in [0.15, 0.2) is 5.82 Å². The number of hydrogen-bond donors (Lipinski definition) is 1. The van der Waals surface area contributed by atoms with Crippen molar-refractivity contribution in [3.8, 4) is 11.5 Å². The predicted octanol–water partition coefficient (Wildman–Crippen LogP) is 1.09. The molecule has 8 nitrogen and oxygen atoms in total. The van der Waals surface area contributed by atoms with Gasteiger partial charge in [0.1, 0.15) is 23.5 Å². The Kier molecular flexibility index (Phi) is 2.98. The molecule has 9 heteroatoms. The lowest BCUT2D eigenvalue weighted by molar-refractivity contribution is -0.150. The first-order valence-electron chi connectivity index (χ1n) is 7.82. The molecule has 0 aromatic heterocycles. The van der Waals surface area contributed by atoms with Gasteiger partial charge in [0.25, 0.3) is 0 Å². The van der Waals surface area contributed by atoms with Gasteiger partial charge in [-0.25, -0.2) is 4.98 Å². The molecule has 1 unspecified atom stereocenters.